The maximum atomic E-state index is 13.2. The Morgan fingerprint density at radius 2 is 1.90 bits per heavy atom. The van der Waals surface area contributed by atoms with Gasteiger partial charge in [-0.15, -0.1) is 0 Å². The molecule has 3 aromatic rings. The SMILES string of the molecule is CCOc1ccc(NC(=O)c2cc(C3CC3)nc3ccccc23)cc1S(=O)(=O)N(C)C. The highest BCUT2D eigenvalue weighted by Gasteiger charge is 2.27. The monoisotopic (exact) mass is 439 g/mol. The Morgan fingerprint density at radius 1 is 1.16 bits per heavy atom. The summed E-state index contributed by atoms with van der Waals surface area (Å²) < 4.78 is 32.1. The lowest BCUT2D eigenvalue weighted by Crippen LogP contribution is -2.23. The van der Waals surface area contributed by atoms with E-state index in [-0.39, 0.29) is 16.6 Å². The van der Waals surface area contributed by atoms with Crippen molar-refractivity contribution in [2.45, 2.75) is 30.6 Å². The smallest absolute Gasteiger partial charge is 0.256 e. The molecule has 0 atom stereocenters. The number of benzene rings is 2. The number of anilines is 1. The molecule has 0 unspecified atom stereocenters. The summed E-state index contributed by atoms with van der Waals surface area (Å²) in [6.45, 7) is 2.11. The first-order valence-electron chi connectivity index (χ1n) is 10.2. The fourth-order valence-electron chi connectivity index (χ4n) is 3.43. The van der Waals surface area contributed by atoms with Crippen LogP contribution in [0.3, 0.4) is 0 Å². The van der Waals surface area contributed by atoms with Gasteiger partial charge in [-0.3, -0.25) is 9.78 Å². The van der Waals surface area contributed by atoms with Gasteiger partial charge in [0.15, 0.2) is 0 Å². The topological polar surface area (TPSA) is 88.6 Å². The Balaban J connectivity index is 1.72. The van der Waals surface area contributed by atoms with Crippen molar-refractivity contribution in [2.24, 2.45) is 0 Å². The molecule has 1 aliphatic carbocycles. The molecule has 31 heavy (non-hydrogen) atoms. The number of sulfonamides is 1. The molecular formula is C23H25N3O4S. The Morgan fingerprint density at radius 3 is 2.58 bits per heavy atom. The van der Waals surface area contributed by atoms with E-state index in [0.29, 0.717) is 23.8 Å². The number of carbonyl (C=O) groups is 1. The van der Waals surface area contributed by atoms with Crippen LogP contribution in [0, 0.1) is 0 Å². The molecule has 1 aliphatic rings. The van der Waals surface area contributed by atoms with E-state index in [9.17, 15) is 13.2 Å². The van der Waals surface area contributed by atoms with Crippen molar-refractivity contribution in [1.82, 2.24) is 9.29 Å². The highest BCUT2D eigenvalue weighted by molar-refractivity contribution is 7.89. The van der Waals surface area contributed by atoms with Crippen LogP contribution >= 0.6 is 0 Å². The number of pyridine rings is 1. The second-order valence-corrected chi connectivity index (χ2v) is 9.84. The number of ether oxygens (including phenoxy) is 1. The minimum Gasteiger partial charge on any atom is -0.492 e. The largest absolute Gasteiger partial charge is 0.492 e. The van der Waals surface area contributed by atoms with Crippen molar-refractivity contribution in [1.29, 1.82) is 0 Å². The average Bonchev–Trinajstić information content (AvgIpc) is 3.59. The van der Waals surface area contributed by atoms with E-state index in [1.54, 1.807) is 19.1 Å². The fraction of sp³-hybridized carbons (Fsp3) is 0.304. The van der Waals surface area contributed by atoms with Crippen LogP contribution in [-0.2, 0) is 10.0 Å². The van der Waals surface area contributed by atoms with Crippen LogP contribution in [0.5, 0.6) is 5.75 Å². The molecule has 0 radical (unpaired) electrons. The lowest BCUT2D eigenvalue weighted by molar-refractivity contribution is 0.102. The summed E-state index contributed by atoms with van der Waals surface area (Å²) in [4.78, 5) is 17.9. The van der Waals surface area contributed by atoms with Crippen molar-refractivity contribution in [3.05, 3.63) is 59.8 Å². The summed E-state index contributed by atoms with van der Waals surface area (Å²) in [5, 5.41) is 3.61. The van der Waals surface area contributed by atoms with E-state index in [0.717, 1.165) is 33.7 Å². The van der Waals surface area contributed by atoms with Crippen LogP contribution in [0.1, 0.15) is 41.7 Å². The van der Waals surface area contributed by atoms with Crippen LogP contribution in [0.4, 0.5) is 5.69 Å². The molecule has 0 aliphatic heterocycles. The van der Waals surface area contributed by atoms with Crippen molar-refractivity contribution < 1.29 is 17.9 Å². The van der Waals surface area contributed by atoms with Crippen LogP contribution in [-0.4, -0.2) is 44.3 Å². The standard InChI is InChI=1S/C23H25N3O4S/c1-4-30-21-12-11-16(13-22(21)31(28,29)26(2)3)24-23(27)18-14-20(15-9-10-15)25-19-8-6-5-7-17(18)19/h5-8,11-15H,4,9-10H2,1-3H3,(H,24,27). The van der Waals surface area contributed by atoms with Gasteiger partial charge in [0.1, 0.15) is 10.6 Å². The first-order valence-corrected chi connectivity index (χ1v) is 11.7. The summed E-state index contributed by atoms with van der Waals surface area (Å²) in [6.07, 6.45) is 2.16. The van der Waals surface area contributed by atoms with Crippen LogP contribution < -0.4 is 10.1 Å². The summed E-state index contributed by atoms with van der Waals surface area (Å²) in [5.41, 5.74) is 2.60. The van der Waals surface area contributed by atoms with Crippen molar-refractivity contribution in [3.63, 3.8) is 0 Å². The zero-order valence-electron chi connectivity index (χ0n) is 17.8. The third-order valence-corrected chi connectivity index (χ3v) is 7.07. The molecule has 0 saturated heterocycles. The van der Waals surface area contributed by atoms with Gasteiger partial charge >= 0.3 is 0 Å². The Kier molecular flexibility index (Phi) is 5.68. The molecule has 1 amide bonds. The molecule has 1 N–H and O–H groups in total. The number of para-hydroxylation sites is 1. The molecule has 0 spiro atoms. The number of nitrogens with zero attached hydrogens (tertiary/aromatic N) is 2. The molecule has 1 heterocycles. The lowest BCUT2D eigenvalue weighted by Gasteiger charge is -2.17. The van der Waals surface area contributed by atoms with Gasteiger partial charge in [0, 0.05) is 36.8 Å². The highest BCUT2D eigenvalue weighted by Crippen LogP contribution is 2.40. The van der Waals surface area contributed by atoms with Gasteiger partial charge in [0.25, 0.3) is 5.91 Å². The van der Waals surface area contributed by atoms with Crippen molar-refractivity contribution in [3.8, 4) is 5.75 Å². The molecule has 1 aromatic heterocycles. The normalized spacial score (nSPS) is 14.1. The first-order chi connectivity index (χ1) is 14.8. The number of hydrogen-bond donors (Lipinski definition) is 1. The molecule has 8 heteroatoms. The zero-order valence-corrected chi connectivity index (χ0v) is 18.6. The predicted octanol–water partition coefficient (Wildman–Crippen LogP) is 4.01. The Bertz CT molecular complexity index is 1250. The summed E-state index contributed by atoms with van der Waals surface area (Å²) in [6, 6.07) is 14.0. The molecule has 7 nitrogen and oxygen atoms in total. The molecule has 162 valence electrons. The number of nitrogens with one attached hydrogen (secondary N) is 1. The second kappa shape index (κ2) is 8.28. The van der Waals surface area contributed by atoms with Crippen LogP contribution in [0.2, 0.25) is 0 Å². The van der Waals surface area contributed by atoms with E-state index in [1.165, 1.54) is 20.2 Å². The van der Waals surface area contributed by atoms with Crippen LogP contribution in [0.25, 0.3) is 10.9 Å². The number of aromatic nitrogens is 1. The quantitative estimate of drug-likeness (QED) is 0.601. The molecular weight excluding hydrogens is 414 g/mol. The Hall–Kier alpha value is -2.97. The van der Waals surface area contributed by atoms with Gasteiger partial charge in [-0.2, -0.15) is 0 Å². The minimum atomic E-state index is -3.75. The molecule has 1 fully saturated rings. The van der Waals surface area contributed by atoms with Gasteiger partial charge in [0.2, 0.25) is 10.0 Å². The maximum Gasteiger partial charge on any atom is 0.256 e. The second-order valence-electron chi connectivity index (χ2n) is 7.72. The number of rotatable bonds is 7. The van der Waals surface area contributed by atoms with E-state index >= 15 is 0 Å². The van der Waals surface area contributed by atoms with Gasteiger partial charge in [-0.1, -0.05) is 18.2 Å². The predicted molar refractivity (Wildman–Crippen MR) is 120 cm³/mol. The summed E-state index contributed by atoms with van der Waals surface area (Å²) in [5.74, 6) is 0.343. The average molecular weight is 440 g/mol. The third-order valence-electron chi connectivity index (χ3n) is 5.24. The van der Waals surface area contributed by atoms with Crippen LogP contribution in [0.15, 0.2) is 53.4 Å². The van der Waals surface area contributed by atoms with Gasteiger partial charge in [0.05, 0.1) is 17.7 Å². The third kappa shape index (κ3) is 4.26. The lowest BCUT2D eigenvalue weighted by atomic mass is 10.1. The highest BCUT2D eigenvalue weighted by atomic mass is 32.2. The molecule has 0 bridgehead atoms. The number of fused-ring (bicyclic) bond motifs is 1. The minimum absolute atomic E-state index is 0.00964. The molecule has 4 rings (SSSR count). The number of hydrogen-bond acceptors (Lipinski definition) is 5. The first kappa shape index (κ1) is 21.3. The molecule has 1 saturated carbocycles. The van der Waals surface area contributed by atoms with Crippen molar-refractivity contribution in [2.75, 3.05) is 26.0 Å². The fourth-order valence-corrected chi connectivity index (χ4v) is 4.48. The Labute approximate surface area is 182 Å². The van der Waals surface area contributed by atoms with Gasteiger partial charge < -0.3 is 10.1 Å². The zero-order chi connectivity index (χ0) is 22.2. The number of carbonyl (C=O) groups excluding carboxylic acids is 1. The van der Waals surface area contributed by atoms with E-state index in [2.05, 4.69) is 5.32 Å². The summed E-state index contributed by atoms with van der Waals surface area (Å²) in [7, 11) is -0.836. The molecule has 2 aromatic carbocycles. The van der Waals surface area contributed by atoms with E-state index < -0.39 is 10.0 Å². The van der Waals surface area contributed by atoms with Crippen molar-refractivity contribution >= 4 is 32.5 Å². The van der Waals surface area contributed by atoms with E-state index in [1.807, 2.05) is 30.3 Å². The van der Waals surface area contributed by atoms with E-state index in [4.69, 9.17) is 9.72 Å². The van der Waals surface area contributed by atoms with Gasteiger partial charge in [-0.25, -0.2) is 12.7 Å². The summed E-state index contributed by atoms with van der Waals surface area (Å²) >= 11 is 0. The maximum absolute atomic E-state index is 13.2. The number of amides is 1. The van der Waals surface area contributed by atoms with Gasteiger partial charge in [-0.05, 0) is 50.1 Å².